The average molecular weight is 461 g/mol. The number of fused-ring (bicyclic) bond motifs is 1. The molecular weight excluding hydrogens is 412 g/mol. The van der Waals surface area contributed by atoms with E-state index in [0.29, 0.717) is 11.1 Å². The van der Waals surface area contributed by atoms with Crippen molar-refractivity contribution in [3.05, 3.63) is 108 Å². The van der Waals surface area contributed by atoms with E-state index in [-0.39, 0.29) is 28.0 Å². The van der Waals surface area contributed by atoms with Gasteiger partial charge in [-0.05, 0) is 64.7 Å². The Kier molecular flexibility index (Phi) is 2.71. The minimum absolute atomic E-state index is 0.00464. The van der Waals surface area contributed by atoms with Crippen LogP contribution in [0.1, 0.15) is 77.8 Å². The summed E-state index contributed by atoms with van der Waals surface area (Å²) in [5, 5.41) is 0. The van der Waals surface area contributed by atoms with Crippen molar-refractivity contribution in [3.63, 3.8) is 0 Å². The molecule has 5 rings (SSSR count). The average Bonchev–Trinajstić information content (AvgIpc) is 3.41. The van der Waals surface area contributed by atoms with Crippen LogP contribution in [0.25, 0.3) is 39.2 Å². The summed E-state index contributed by atoms with van der Waals surface area (Å²) in [4.78, 5) is 4.75. The summed E-state index contributed by atoms with van der Waals surface area (Å²) in [6.07, 6.45) is 0. The normalized spacial score (nSPS) is 22.1. The van der Waals surface area contributed by atoms with Crippen LogP contribution in [0.3, 0.4) is 0 Å². The van der Waals surface area contributed by atoms with Crippen molar-refractivity contribution in [3.8, 4) is 28.2 Å². The summed E-state index contributed by atoms with van der Waals surface area (Å²) in [5.74, 6) is -6.54. The third-order valence-corrected chi connectivity index (χ3v) is 5.74. The number of hydrogen-bond acceptors (Lipinski definition) is 1. The van der Waals surface area contributed by atoms with E-state index in [1.807, 2.05) is 0 Å². The first-order valence-corrected chi connectivity index (χ1v) is 10.6. The summed E-state index contributed by atoms with van der Waals surface area (Å²) in [6, 6.07) is 22.6. The molecule has 5 aromatic rings. The summed E-state index contributed by atoms with van der Waals surface area (Å²) >= 11 is 0. The van der Waals surface area contributed by atoms with Crippen LogP contribution >= 0.6 is 0 Å². The smallest absolute Gasteiger partial charge is 0.145 e. The number of nitrogens with zero attached hydrogens (tertiary/aromatic N) is 2. The van der Waals surface area contributed by atoms with Gasteiger partial charge in [0.1, 0.15) is 5.82 Å². The minimum Gasteiger partial charge on any atom is -0.292 e. The van der Waals surface area contributed by atoms with Gasteiger partial charge in [0.05, 0.1) is 16.7 Å². The molecule has 0 N–H and O–H groups in total. The molecular formula is C32H32N2. The highest BCUT2D eigenvalue weighted by atomic mass is 15.1. The van der Waals surface area contributed by atoms with Gasteiger partial charge in [0.2, 0.25) is 0 Å². The Morgan fingerprint density at radius 3 is 2.29 bits per heavy atom. The zero-order chi connectivity index (χ0) is 37.2. The first-order valence-electron chi connectivity index (χ1n) is 18.8. The van der Waals surface area contributed by atoms with Gasteiger partial charge in [0.25, 0.3) is 0 Å². The zero-order valence-electron chi connectivity index (χ0n) is 34.1. The lowest BCUT2D eigenvalue weighted by atomic mass is 9.92. The van der Waals surface area contributed by atoms with Gasteiger partial charge in [-0.3, -0.25) is 4.57 Å². The Morgan fingerprint density at radius 1 is 0.765 bits per heavy atom. The molecule has 0 saturated heterocycles. The number of aryl methyl sites for hydroxylation is 1. The number of benzene rings is 4. The van der Waals surface area contributed by atoms with Crippen LogP contribution in [0.5, 0.6) is 0 Å². The van der Waals surface area contributed by atoms with Gasteiger partial charge < -0.3 is 0 Å². The second-order valence-electron chi connectivity index (χ2n) is 7.88. The number of imidazole rings is 1. The molecule has 1 heterocycles. The highest BCUT2D eigenvalue weighted by Crippen LogP contribution is 2.38. The van der Waals surface area contributed by atoms with Crippen molar-refractivity contribution >= 4 is 11.0 Å². The topological polar surface area (TPSA) is 17.8 Å². The molecule has 0 saturated carbocycles. The van der Waals surface area contributed by atoms with E-state index in [0.717, 1.165) is 18.2 Å². The van der Waals surface area contributed by atoms with Crippen LogP contribution < -0.4 is 0 Å². The Hall–Kier alpha value is -3.65. The van der Waals surface area contributed by atoms with Gasteiger partial charge >= 0.3 is 0 Å². The van der Waals surface area contributed by atoms with Gasteiger partial charge in [-0.2, -0.15) is 0 Å². The van der Waals surface area contributed by atoms with Gasteiger partial charge in [-0.25, -0.2) is 4.98 Å². The summed E-state index contributed by atoms with van der Waals surface area (Å²) < 4.78 is 135. The summed E-state index contributed by atoms with van der Waals surface area (Å²) in [5.41, 5.74) is -0.283. The van der Waals surface area contributed by atoms with Crippen LogP contribution in [0.15, 0.2) is 91.0 Å². The molecule has 0 aliphatic carbocycles. The van der Waals surface area contributed by atoms with Crippen molar-refractivity contribution < 1.29 is 21.9 Å². The molecule has 0 spiro atoms. The molecule has 0 aliphatic heterocycles. The molecule has 34 heavy (non-hydrogen) atoms. The molecule has 4 aromatic carbocycles. The molecule has 1 unspecified atom stereocenters. The van der Waals surface area contributed by atoms with E-state index in [4.69, 9.17) is 24.2 Å². The molecule has 0 bridgehead atoms. The van der Waals surface area contributed by atoms with Gasteiger partial charge in [-0.1, -0.05) is 100 Å². The largest absolute Gasteiger partial charge is 0.292 e. The fourth-order valence-electron chi connectivity index (χ4n) is 4.19. The first-order chi connectivity index (χ1) is 23.0. The van der Waals surface area contributed by atoms with Crippen molar-refractivity contribution in [2.45, 2.75) is 46.1 Å². The van der Waals surface area contributed by atoms with E-state index in [9.17, 15) is 2.74 Å². The number of para-hydroxylation sites is 3. The standard InChI is InChI=1S/C32H32N2/c1-21(2)26-14-11-15-27(22(3)4)31(26)34-30-17-10-9-16-29(30)33-32(34)25-19-18-23(5)28(20-25)24-12-7-6-8-13-24/h6-22H,1-5H3/i1D2,2D3,3D3,4D3,5D3,21D,22D. The minimum atomic E-state index is -3.55. The zero-order valence-corrected chi connectivity index (χ0v) is 18.1. The third kappa shape index (κ3) is 3.84. The second kappa shape index (κ2) is 8.95. The predicted molar refractivity (Wildman–Crippen MR) is 145 cm³/mol. The Labute approximate surface area is 225 Å². The lowest BCUT2D eigenvalue weighted by Gasteiger charge is -2.22. The maximum Gasteiger partial charge on any atom is 0.145 e. The molecule has 170 valence electrons. The van der Waals surface area contributed by atoms with E-state index in [1.54, 1.807) is 48.5 Å². The lowest BCUT2D eigenvalue weighted by molar-refractivity contribution is 0.811. The van der Waals surface area contributed by atoms with E-state index in [1.165, 1.54) is 28.8 Å². The molecule has 2 heteroatoms. The second-order valence-corrected chi connectivity index (χ2v) is 7.88. The van der Waals surface area contributed by atoms with Gasteiger partial charge in [0.15, 0.2) is 0 Å². The molecule has 1 aromatic heterocycles. The Morgan fingerprint density at radius 2 is 1.53 bits per heavy atom. The van der Waals surface area contributed by atoms with Crippen molar-refractivity contribution in [2.75, 3.05) is 0 Å². The molecule has 2 nitrogen and oxygen atoms in total. The van der Waals surface area contributed by atoms with Crippen LogP contribution in [0, 0.1) is 6.85 Å². The van der Waals surface area contributed by atoms with Gasteiger partial charge in [0, 0.05) is 27.5 Å². The Bertz CT molecular complexity index is 2010. The van der Waals surface area contributed by atoms with E-state index in [2.05, 4.69) is 0 Å². The third-order valence-electron chi connectivity index (χ3n) is 5.74. The Balaban J connectivity index is 2.04. The molecule has 0 fully saturated rings. The fraction of sp³-hybridized carbons (Fsp3) is 0.219. The summed E-state index contributed by atoms with van der Waals surface area (Å²) in [6.45, 7) is -15.4. The number of aromatic nitrogens is 2. The van der Waals surface area contributed by atoms with E-state index >= 15 is 0 Å². The monoisotopic (exact) mass is 460 g/mol. The highest BCUT2D eigenvalue weighted by Gasteiger charge is 2.22. The maximum absolute atomic E-state index is 9.18. The summed E-state index contributed by atoms with van der Waals surface area (Å²) in [7, 11) is 0. The molecule has 0 aliphatic rings. The fourth-order valence-corrected chi connectivity index (χ4v) is 4.19. The molecule has 1 atom stereocenters. The predicted octanol–water partition coefficient (Wildman–Crippen LogP) is 8.91. The van der Waals surface area contributed by atoms with Crippen LogP contribution in [0.4, 0.5) is 0 Å². The molecule has 0 amide bonds. The van der Waals surface area contributed by atoms with Crippen LogP contribution in [-0.4, -0.2) is 9.55 Å². The SMILES string of the molecule is [2H]C([2H])C([2H])(c1cccc(C([2H])(C([2H])([2H])[2H])C([2H])([2H])[2H])c1-n1c(-c2ccc(C([2H])([2H])[2H])c(-c3ccccc3)c2)nc2ccccc21)C([2H])([2H])[2H]. The number of hydrogen-bond donors (Lipinski definition) is 0. The van der Waals surface area contributed by atoms with Crippen molar-refractivity contribution in [1.82, 2.24) is 9.55 Å². The number of rotatable bonds is 5. The maximum atomic E-state index is 9.18. The molecule has 0 radical (unpaired) electrons. The van der Waals surface area contributed by atoms with Gasteiger partial charge in [-0.15, -0.1) is 0 Å². The quantitative estimate of drug-likeness (QED) is 0.256. The highest BCUT2D eigenvalue weighted by molar-refractivity contribution is 5.85. The van der Waals surface area contributed by atoms with E-state index < -0.39 is 62.9 Å². The van der Waals surface area contributed by atoms with Crippen LogP contribution in [-0.2, 0) is 0 Å². The van der Waals surface area contributed by atoms with Crippen molar-refractivity contribution in [2.24, 2.45) is 0 Å². The van der Waals surface area contributed by atoms with Crippen LogP contribution in [0.2, 0.25) is 0 Å². The lowest BCUT2D eigenvalue weighted by Crippen LogP contribution is -2.08. The first kappa shape index (κ1) is 10.3. The van der Waals surface area contributed by atoms with Crippen molar-refractivity contribution in [1.29, 1.82) is 0 Å².